The standard InChI is InChI=1S/C13H13Cl2FNO3PS/c1-3-19-21(18,20-4-2)13(15)6-9-5-12(17-8-22)11(16)7-10(9)14/h5-7H,3-4H2,1-2H3. The summed E-state index contributed by atoms with van der Waals surface area (Å²) in [6.07, 6.45) is 1.29. The first-order valence-corrected chi connectivity index (χ1v) is 8.92. The Labute approximate surface area is 143 Å². The van der Waals surface area contributed by atoms with Gasteiger partial charge in [0.2, 0.25) is 0 Å². The Hall–Kier alpha value is -0.580. The molecule has 22 heavy (non-hydrogen) atoms. The van der Waals surface area contributed by atoms with Gasteiger partial charge in [-0.3, -0.25) is 4.57 Å². The van der Waals surface area contributed by atoms with Crippen LogP contribution in [0.4, 0.5) is 10.1 Å². The van der Waals surface area contributed by atoms with Crippen LogP contribution in [0.15, 0.2) is 21.9 Å². The number of rotatable bonds is 7. The van der Waals surface area contributed by atoms with Crippen LogP contribution in [-0.2, 0) is 13.6 Å². The second-order valence-corrected chi connectivity index (χ2v) is 7.08. The summed E-state index contributed by atoms with van der Waals surface area (Å²) >= 11 is 16.4. The lowest BCUT2D eigenvalue weighted by Crippen LogP contribution is -1.96. The van der Waals surface area contributed by atoms with Crippen molar-refractivity contribution in [1.82, 2.24) is 0 Å². The maximum atomic E-state index is 13.6. The first kappa shape index (κ1) is 19.5. The highest BCUT2D eigenvalue weighted by atomic mass is 35.5. The lowest BCUT2D eigenvalue weighted by Gasteiger charge is -2.16. The molecule has 0 aliphatic carbocycles. The number of halogens is 3. The van der Waals surface area contributed by atoms with Gasteiger partial charge in [0.1, 0.15) is 10.5 Å². The minimum absolute atomic E-state index is 0.0576. The Morgan fingerprint density at radius 1 is 1.45 bits per heavy atom. The van der Waals surface area contributed by atoms with Gasteiger partial charge in [0, 0.05) is 0 Å². The van der Waals surface area contributed by atoms with Crippen molar-refractivity contribution in [3.63, 3.8) is 0 Å². The molecular weight excluding hydrogens is 371 g/mol. The van der Waals surface area contributed by atoms with E-state index in [0.29, 0.717) is 5.56 Å². The molecule has 0 heterocycles. The number of nitrogens with zero attached hydrogens (tertiary/aromatic N) is 1. The molecule has 0 amide bonds. The third kappa shape index (κ3) is 4.97. The second kappa shape index (κ2) is 8.90. The molecule has 0 aliphatic rings. The first-order chi connectivity index (χ1) is 10.4. The number of thiocarbonyl (C=S) groups is 1. The van der Waals surface area contributed by atoms with Gasteiger partial charge in [-0.1, -0.05) is 23.2 Å². The van der Waals surface area contributed by atoms with E-state index in [1.807, 2.05) is 0 Å². The molecule has 9 heteroatoms. The smallest absolute Gasteiger partial charge is 0.305 e. The molecule has 0 saturated heterocycles. The molecule has 1 rings (SSSR count). The minimum atomic E-state index is -3.63. The Morgan fingerprint density at radius 3 is 2.55 bits per heavy atom. The Kier molecular flexibility index (Phi) is 7.87. The highest BCUT2D eigenvalue weighted by Crippen LogP contribution is 2.58. The zero-order valence-corrected chi connectivity index (χ0v) is 15.0. The number of aliphatic imine (C=N–C) groups is 1. The van der Waals surface area contributed by atoms with Gasteiger partial charge < -0.3 is 9.05 Å². The average Bonchev–Trinajstić information content (AvgIpc) is 2.44. The monoisotopic (exact) mass is 383 g/mol. The van der Waals surface area contributed by atoms with Gasteiger partial charge in [-0.25, -0.2) is 4.39 Å². The van der Waals surface area contributed by atoms with Crippen LogP contribution in [0.25, 0.3) is 6.08 Å². The zero-order chi connectivity index (χ0) is 16.8. The van der Waals surface area contributed by atoms with Crippen LogP contribution < -0.4 is 0 Å². The third-order valence-electron chi connectivity index (χ3n) is 2.37. The minimum Gasteiger partial charge on any atom is -0.305 e. The topological polar surface area (TPSA) is 47.9 Å². The lowest BCUT2D eigenvalue weighted by atomic mass is 10.2. The second-order valence-electron chi connectivity index (χ2n) is 3.83. The highest BCUT2D eigenvalue weighted by Gasteiger charge is 2.28. The van der Waals surface area contributed by atoms with Gasteiger partial charge in [-0.15, -0.1) is 0 Å². The van der Waals surface area contributed by atoms with E-state index in [-0.39, 0.29) is 28.7 Å². The van der Waals surface area contributed by atoms with E-state index in [1.54, 1.807) is 13.8 Å². The number of benzene rings is 1. The molecule has 4 nitrogen and oxygen atoms in total. The predicted molar refractivity (Wildman–Crippen MR) is 90.8 cm³/mol. The lowest BCUT2D eigenvalue weighted by molar-refractivity contribution is 0.228. The summed E-state index contributed by atoms with van der Waals surface area (Å²) in [5.41, 5.74) is 0.245. The summed E-state index contributed by atoms with van der Waals surface area (Å²) in [5, 5.41) is 2.13. The summed E-state index contributed by atoms with van der Waals surface area (Å²) in [4.78, 5) is 3.58. The molecular formula is C13H13Cl2FNO3PS. The average molecular weight is 384 g/mol. The predicted octanol–water partition coefficient (Wildman–Crippen LogP) is 6.02. The molecule has 0 unspecified atom stereocenters. The van der Waals surface area contributed by atoms with E-state index in [2.05, 4.69) is 22.4 Å². The largest absolute Gasteiger partial charge is 0.372 e. The van der Waals surface area contributed by atoms with Crippen LogP contribution in [0, 0.1) is 5.82 Å². The first-order valence-electron chi connectivity index (χ1n) is 6.21. The van der Waals surface area contributed by atoms with Crippen LogP contribution in [0.2, 0.25) is 5.02 Å². The fourth-order valence-electron chi connectivity index (χ4n) is 1.51. The Bertz CT molecular complexity index is 667. The highest BCUT2D eigenvalue weighted by molar-refractivity contribution is 7.78. The van der Waals surface area contributed by atoms with Crippen molar-refractivity contribution in [1.29, 1.82) is 0 Å². The van der Waals surface area contributed by atoms with E-state index < -0.39 is 13.4 Å². The number of hydrogen-bond acceptors (Lipinski definition) is 5. The van der Waals surface area contributed by atoms with Gasteiger partial charge in [0.05, 0.1) is 23.4 Å². The molecule has 0 fully saturated rings. The molecule has 0 saturated carbocycles. The molecule has 0 radical (unpaired) electrons. The molecule has 120 valence electrons. The Balaban J connectivity index is 3.33. The van der Waals surface area contributed by atoms with Gasteiger partial charge in [-0.05, 0) is 49.8 Å². The Morgan fingerprint density at radius 2 is 2.05 bits per heavy atom. The zero-order valence-electron chi connectivity index (χ0n) is 11.8. The number of hydrogen-bond donors (Lipinski definition) is 0. The fraction of sp³-hybridized carbons (Fsp3) is 0.308. The van der Waals surface area contributed by atoms with Gasteiger partial charge in [0.25, 0.3) is 0 Å². The van der Waals surface area contributed by atoms with E-state index in [4.69, 9.17) is 32.2 Å². The van der Waals surface area contributed by atoms with E-state index in [1.165, 1.54) is 12.1 Å². The molecule has 0 atom stereocenters. The SMILES string of the molecule is CCOP(=O)(OCC)C(Cl)=Cc1cc(N=C=S)c(F)cc1Cl. The van der Waals surface area contributed by atoms with Crippen LogP contribution in [0.5, 0.6) is 0 Å². The van der Waals surface area contributed by atoms with Crippen LogP contribution in [-0.4, -0.2) is 18.4 Å². The van der Waals surface area contributed by atoms with Crippen molar-refractivity contribution in [2.75, 3.05) is 13.2 Å². The molecule has 0 N–H and O–H groups in total. The summed E-state index contributed by atoms with van der Waals surface area (Å²) in [6.45, 7) is 3.62. The molecule has 0 bridgehead atoms. The van der Waals surface area contributed by atoms with Gasteiger partial charge in [0.15, 0.2) is 5.82 Å². The summed E-state index contributed by atoms with van der Waals surface area (Å²) < 4.78 is 36.2. The van der Waals surface area contributed by atoms with Gasteiger partial charge in [-0.2, -0.15) is 4.99 Å². The van der Waals surface area contributed by atoms with Crippen molar-refractivity contribution >= 4 is 59.9 Å². The number of isothiocyanates is 1. The molecule has 1 aromatic rings. The third-order valence-corrected chi connectivity index (χ3v) is 5.36. The maximum absolute atomic E-state index is 13.6. The van der Waals surface area contributed by atoms with Crippen LogP contribution >= 0.6 is 43.0 Å². The van der Waals surface area contributed by atoms with Crippen molar-refractivity contribution in [2.24, 2.45) is 4.99 Å². The molecule has 0 spiro atoms. The van der Waals surface area contributed by atoms with Crippen molar-refractivity contribution in [3.8, 4) is 0 Å². The normalized spacial score (nSPS) is 12.1. The van der Waals surface area contributed by atoms with Crippen molar-refractivity contribution < 1.29 is 18.0 Å². The molecule has 1 aromatic carbocycles. The van der Waals surface area contributed by atoms with Crippen molar-refractivity contribution in [2.45, 2.75) is 13.8 Å². The summed E-state index contributed by atoms with van der Waals surface area (Å²) in [6, 6.07) is 2.36. The van der Waals surface area contributed by atoms with E-state index in [9.17, 15) is 8.96 Å². The molecule has 0 aromatic heterocycles. The van der Waals surface area contributed by atoms with E-state index >= 15 is 0 Å². The maximum Gasteiger partial charge on any atom is 0.372 e. The van der Waals surface area contributed by atoms with Gasteiger partial charge >= 0.3 is 7.60 Å². The van der Waals surface area contributed by atoms with Crippen LogP contribution in [0.3, 0.4) is 0 Å². The fourth-order valence-corrected chi connectivity index (χ4v) is 3.52. The molecule has 0 aliphatic heterocycles. The summed E-state index contributed by atoms with van der Waals surface area (Å²) in [5.74, 6) is -0.659. The van der Waals surface area contributed by atoms with E-state index in [0.717, 1.165) is 6.07 Å². The van der Waals surface area contributed by atoms with Crippen LogP contribution in [0.1, 0.15) is 19.4 Å². The summed E-state index contributed by atoms with van der Waals surface area (Å²) in [7, 11) is -3.63. The van der Waals surface area contributed by atoms with Crippen molar-refractivity contribution in [3.05, 3.63) is 33.3 Å². The quantitative estimate of drug-likeness (QED) is 0.328.